The molecule has 6 heteroatoms. The Morgan fingerprint density at radius 1 is 1.04 bits per heavy atom. The number of carbonyl (C=O) groups excluding carboxylic acids is 2. The molecule has 0 bridgehead atoms. The second-order valence-corrected chi connectivity index (χ2v) is 5.51. The first-order valence-electron chi connectivity index (χ1n) is 7.86. The molecule has 132 valence electrons. The van der Waals surface area contributed by atoms with Gasteiger partial charge in [0.05, 0.1) is 20.6 Å². The summed E-state index contributed by atoms with van der Waals surface area (Å²) in [4.78, 5) is 23.3. The van der Waals surface area contributed by atoms with E-state index in [1.807, 2.05) is 24.3 Å². The van der Waals surface area contributed by atoms with Crippen molar-refractivity contribution in [1.82, 2.24) is 5.32 Å². The van der Waals surface area contributed by atoms with Gasteiger partial charge >= 0.3 is 0 Å². The van der Waals surface area contributed by atoms with E-state index in [0.717, 1.165) is 11.1 Å². The van der Waals surface area contributed by atoms with Gasteiger partial charge in [-0.15, -0.1) is 0 Å². The standard InChI is InChI=1S/C19H22N2O4/c1-13(22)21-16-6-4-5-14(9-16)12-20-19(23)10-15-7-8-17(24-2)11-18(15)25-3/h4-9,11H,10,12H2,1-3H3,(H,20,23)(H,21,22). The van der Waals surface area contributed by atoms with E-state index in [2.05, 4.69) is 10.6 Å². The van der Waals surface area contributed by atoms with Crippen molar-refractivity contribution in [2.75, 3.05) is 19.5 Å². The molecule has 2 amide bonds. The lowest BCUT2D eigenvalue weighted by Gasteiger charge is -2.11. The minimum atomic E-state index is -0.132. The molecule has 0 fully saturated rings. The van der Waals surface area contributed by atoms with Crippen molar-refractivity contribution in [1.29, 1.82) is 0 Å². The zero-order valence-electron chi connectivity index (χ0n) is 14.6. The van der Waals surface area contributed by atoms with E-state index in [9.17, 15) is 9.59 Å². The van der Waals surface area contributed by atoms with E-state index < -0.39 is 0 Å². The first-order chi connectivity index (χ1) is 12.0. The molecule has 0 saturated carbocycles. The number of carbonyl (C=O) groups is 2. The number of benzene rings is 2. The van der Waals surface area contributed by atoms with Gasteiger partial charge in [0, 0.05) is 30.8 Å². The lowest BCUT2D eigenvalue weighted by Crippen LogP contribution is -2.24. The molecule has 2 N–H and O–H groups in total. The molecule has 0 spiro atoms. The molecule has 0 atom stereocenters. The van der Waals surface area contributed by atoms with Crippen molar-refractivity contribution >= 4 is 17.5 Å². The zero-order chi connectivity index (χ0) is 18.2. The third-order valence-corrected chi connectivity index (χ3v) is 3.58. The Morgan fingerprint density at radius 2 is 1.84 bits per heavy atom. The summed E-state index contributed by atoms with van der Waals surface area (Å²) in [5.41, 5.74) is 2.39. The van der Waals surface area contributed by atoms with Crippen molar-refractivity contribution in [2.24, 2.45) is 0 Å². The summed E-state index contributed by atoms with van der Waals surface area (Å²) in [6.07, 6.45) is 0.207. The van der Waals surface area contributed by atoms with Crippen LogP contribution in [0.5, 0.6) is 11.5 Å². The van der Waals surface area contributed by atoms with Crippen LogP contribution in [0.25, 0.3) is 0 Å². The fourth-order valence-corrected chi connectivity index (χ4v) is 2.40. The second kappa shape index (κ2) is 8.73. The van der Waals surface area contributed by atoms with Gasteiger partial charge in [0.25, 0.3) is 0 Å². The highest BCUT2D eigenvalue weighted by Gasteiger charge is 2.10. The molecule has 0 aliphatic heterocycles. The van der Waals surface area contributed by atoms with Gasteiger partial charge in [-0.1, -0.05) is 18.2 Å². The Hall–Kier alpha value is -3.02. The van der Waals surface area contributed by atoms with Crippen LogP contribution in [0.4, 0.5) is 5.69 Å². The molecule has 2 aromatic carbocycles. The quantitative estimate of drug-likeness (QED) is 0.811. The van der Waals surface area contributed by atoms with E-state index in [0.29, 0.717) is 23.7 Å². The van der Waals surface area contributed by atoms with Crippen molar-refractivity contribution in [3.05, 3.63) is 53.6 Å². The van der Waals surface area contributed by atoms with Gasteiger partial charge in [0.2, 0.25) is 11.8 Å². The Morgan fingerprint density at radius 3 is 2.52 bits per heavy atom. The van der Waals surface area contributed by atoms with Gasteiger partial charge in [0.1, 0.15) is 11.5 Å². The number of rotatable bonds is 7. The zero-order valence-corrected chi connectivity index (χ0v) is 14.6. The third-order valence-electron chi connectivity index (χ3n) is 3.58. The molecule has 0 unspecified atom stereocenters. The molecule has 0 radical (unpaired) electrons. The van der Waals surface area contributed by atoms with Crippen LogP contribution in [0.2, 0.25) is 0 Å². The van der Waals surface area contributed by atoms with E-state index >= 15 is 0 Å². The van der Waals surface area contributed by atoms with Crippen molar-refractivity contribution in [3.8, 4) is 11.5 Å². The predicted molar refractivity (Wildman–Crippen MR) is 95.8 cm³/mol. The number of methoxy groups -OCH3 is 2. The molecule has 2 rings (SSSR count). The summed E-state index contributed by atoms with van der Waals surface area (Å²) >= 11 is 0. The Kier molecular flexibility index (Phi) is 6.39. The number of nitrogens with one attached hydrogen (secondary N) is 2. The summed E-state index contributed by atoms with van der Waals surface area (Å²) in [6, 6.07) is 12.7. The number of ether oxygens (including phenoxy) is 2. The largest absolute Gasteiger partial charge is 0.497 e. The summed E-state index contributed by atoms with van der Waals surface area (Å²) in [6.45, 7) is 1.83. The third kappa shape index (κ3) is 5.53. The van der Waals surface area contributed by atoms with E-state index in [-0.39, 0.29) is 18.2 Å². The van der Waals surface area contributed by atoms with Gasteiger partial charge in [-0.3, -0.25) is 9.59 Å². The number of hydrogen-bond donors (Lipinski definition) is 2. The van der Waals surface area contributed by atoms with Gasteiger partial charge in [-0.05, 0) is 23.8 Å². The molecular weight excluding hydrogens is 320 g/mol. The molecular formula is C19H22N2O4. The second-order valence-electron chi connectivity index (χ2n) is 5.51. The van der Waals surface area contributed by atoms with Crippen LogP contribution in [-0.4, -0.2) is 26.0 Å². The highest BCUT2D eigenvalue weighted by Crippen LogP contribution is 2.24. The van der Waals surface area contributed by atoms with Crippen LogP contribution in [-0.2, 0) is 22.6 Å². The summed E-state index contributed by atoms with van der Waals surface area (Å²) < 4.78 is 10.5. The minimum Gasteiger partial charge on any atom is -0.497 e. The van der Waals surface area contributed by atoms with Crippen LogP contribution >= 0.6 is 0 Å². The average molecular weight is 342 g/mol. The molecule has 0 heterocycles. The van der Waals surface area contributed by atoms with E-state index in [1.54, 1.807) is 32.4 Å². The van der Waals surface area contributed by atoms with Gasteiger partial charge in [0.15, 0.2) is 0 Å². The van der Waals surface area contributed by atoms with Crippen LogP contribution in [0.3, 0.4) is 0 Å². The SMILES string of the molecule is COc1ccc(CC(=O)NCc2cccc(NC(C)=O)c2)c(OC)c1. The lowest BCUT2D eigenvalue weighted by molar-refractivity contribution is -0.120. The molecule has 2 aromatic rings. The molecule has 25 heavy (non-hydrogen) atoms. The number of hydrogen-bond acceptors (Lipinski definition) is 4. The Balaban J connectivity index is 1.96. The van der Waals surface area contributed by atoms with Crippen LogP contribution in [0, 0.1) is 0 Å². The monoisotopic (exact) mass is 342 g/mol. The van der Waals surface area contributed by atoms with E-state index in [1.165, 1.54) is 6.92 Å². The topological polar surface area (TPSA) is 76.7 Å². The van der Waals surface area contributed by atoms with Gasteiger partial charge < -0.3 is 20.1 Å². The van der Waals surface area contributed by atoms with Crippen LogP contribution in [0.1, 0.15) is 18.1 Å². The maximum atomic E-state index is 12.2. The fraction of sp³-hybridized carbons (Fsp3) is 0.263. The first-order valence-corrected chi connectivity index (χ1v) is 7.86. The molecule has 6 nitrogen and oxygen atoms in total. The normalized spacial score (nSPS) is 10.0. The first kappa shape index (κ1) is 18.3. The molecule has 0 aliphatic carbocycles. The minimum absolute atomic E-state index is 0.117. The molecule has 0 saturated heterocycles. The van der Waals surface area contributed by atoms with Crippen molar-refractivity contribution in [2.45, 2.75) is 19.9 Å². The number of anilines is 1. The van der Waals surface area contributed by atoms with Crippen LogP contribution < -0.4 is 20.1 Å². The highest BCUT2D eigenvalue weighted by molar-refractivity contribution is 5.88. The smallest absolute Gasteiger partial charge is 0.224 e. The summed E-state index contributed by atoms with van der Waals surface area (Å²) in [7, 11) is 3.14. The fourth-order valence-electron chi connectivity index (χ4n) is 2.40. The molecule has 0 aliphatic rings. The Bertz CT molecular complexity index is 759. The predicted octanol–water partition coefficient (Wildman–Crippen LogP) is 2.52. The van der Waals surface area contributed by atoms with Gasteiger partial charge in [-0.25, -0.2) is 0 Å². The van der Waals surface area contributed by atoms with Crippen LogP contribution in [0.15, 0.2) is 42.5 Å². The maximum Gasteiger partial charge on any atom is 0.224 e. The molecule has 0 aromatic heterocycles. The number of amides is 2. The van der Waals surface area contributed by atoms with Gasteiger partial charge in [-0.2, -0.15) is 0 Å². The summed E-state index contributed by atoms with van der Waals surface area (Å²) in [5, 5.41) is 5.59. The average Bonchev–Trinajstić information content (AvgIpc) is 2.60. The maximum absolute atomic E-state index is 12.2. The van der Waals surface area contributed by atoms with Crippen molar-refractivity contribution < 1.29 is 19.1 Å². The van der Waals surface area contributed by atoms with E-state index in [4.69, 9.17) is 9.47 Å². The highest BCUT2D eigenvalue weighted by atomic mass is 16.5. The Labute approximate surface area is 147 Å². The summed E-state index contributed by atoms with van der Waals surface area (Å²) in [5.74, 6) is 1.04. The lowest BCUT2D eigenvalue weighted by atomic mass is 10.1. The van der Waals surface area contributed by atoms with Crippen molar-refractivity contribution in [3.63, 3.8) is 0 Å².